The van der Waals surface area contributed by atoms with Crippen LogP contribution < -0.4 is 10.6 Å². The lowest BCUT2D eigenvalue weighted by atomic mass is 10.1. The minimum Gasteiger partial charge on any atom is -0.465 e. The highest BCUT2D eigenvalue weighted by Gasteiger charge is 2.16. The summed E-state index contributed by atoms with van der Waals surface area (Å²) in [4.78, 5) is 35.5. The number of carbonyl (C=O) groups excluding carboxylic acids is 3. The first-order valence-electron chi connectivity index (χ1n) is 8.55. The van der Waals surface area contributed by atoms with Crippen LogP contribution >= 0.6 is 12.2 Å². The molecule has 0 bridgehead atoms. The predicted octanol–water partition coefficient (Wildman–Crippen LogP) is 3.25. The van der Waals surface area contributed by atoms with Crippen LogP contribution in [0.25, 0.3) is 0 Å². The van der Waals surface area contributed by atoms with Gasteiger partial charge in [-0.1, -0.05) is 0 Å². The second-order valence-corrected chi connectivity index (χ2v) is 6.03. The van der Waals surface area contributed by atoms with Crippen LogP contribution in [0.2, 0.25) is 0 Å². The van der Waals surface area contributed by atoms with Gasteiger partial charge in [0.2, 0.25) is 0 Å². The molecule has 0 aliphatic rings. The number of methoxy groups -OCH3 is 2. The molecule has 0 aromatic heterocycles. The average molecular weight is 416 g/mol. The van der Waals surface area contributed by atoms with Crippen molar-refractivity contribution >= 4 is 46.6 Å². The zero-order valence-electron chi connectivity index (χ0n) is 16.1. The van der Waals surface area contributed by atoms with Crippen molar-refractivity contribution in [2.75, 3.05) is 31.5 Å². The van der Waals surface area contributed by atoms with Gasteiger partial charge in [-0.05, 0) is 61.6 Å². The molecule has 0 saturated heterocycles. The van der Waals surface area contributed by atoms with E-state index in [-0.39, 0.29) is 21.9 Å². The molecule has 9 heteroatoms. The molecule has 8 nitrogen and oxygen atoms in total. The van der Waals surface area contributed by atoms with Crippen molar-refractivity contribution in [3.63, 3.8) is 0 Å². The van der Waals surface area contributed by atoms with Gasteiger partial charge in [0, 0.05) is 5.69 Å². The molecule has 0 fully saturated rings. The molecule has 0 unspecified atom stereocenters. The zero-order chi connectivity index (χ0) is 21.4. The number of nitrogens with one attached hydrogen (secondary N) is 2. The first kappa shape index (κ1) is 21.8. The van der Waals surface area contributed by atoms with Gasteiger partial charge in [-0.15, -0.1) is 0 Å². The van der Waals surface area contributed by atoms with E-state index >= 15 is 0 Å². The van der Waals surface area contributed by atoms with Crippen LogP contribution in [0.5, 0.6) is 0 Å². The molecule has 2 N–H and O–H groups in total. The molecule has 0 radical (unpaired) electrons. The monoisotopic (exact) mass is 416 g/mol. The summed E-state index contributed by atoms with van der Waals surface area (Å²) >= 11 is 5.28. The van der Waals surface area contributed by atoms with Crippen molar-refractivity contribution in [3.8, 4) is 0 Å². The van der Waals surface area contributed by atoms with Crippen LogP contribution in [0.1, 0.15) is 38.0 Å². The Bertz CT molecular complexity index is 927. The van der Waals surface area contributed by atoms with Crippen LogP contribution in [-0.2, 0) is 14.2 Å². The van der Waals surface area contributed by atoms with Crippen LogP contribution in [0, 0.1) is 0 Å². The fraction of sp³-hybridized carbons (Fsp3) is 0.200. The molecule has 29 heavy (non-hydrogen) atoms. The smallest absolute Gasteiger partial charge is 0.339 e. The topological polar surface area (TPSA) is 103 Å². The fourth-order valence-corrected chi connectivity index (χ4v) is 2.60. The quantitative estimate of drug-likeness (QED) is 0.417. The maximum atomic E-state index is 12.0. The average Bonchev–Trinajstić information content (AvgIpc) is 2.73. The van der Waals surface area contributed by atoms with Crippen LogP contribution in [-0.4, -0.2) is 43.8 Å². The number of rotatable bonds is 6. The molecule has 2 aromatic rings. The summed E-state index contributed by atoms with van der Waals surface area (Å²) in [5, 5.41) is 5.97. The van der Waals surface area contributed by atoms with E-state index in [0.717, 1.165) is 0 Å². The lowest BCUT2D eigenvalue weighted by Crippen LogP contribution is -2.21. The van der Waals surface area contributed by atoms with Gasteiger partial charge in [0.15, 0.2) is 5.11 Å². The summed E-state index contributed by atoms with van der Waals surface area (Å²) < 4.78 is 14.4. The molecule has 0 aliphatic carbocycles. The molecule has 2 rings (SSSR count). The van der Waals surface area contributed by atoms with E-state index in [4.69, 9.17) is 26.4 Å². The number of esters is 3. The molecule has 0 amide bonds. The fourth-order valence-electron chi connectivity index (χ4n) is 2.37. The van der Waals surface area contributed by atoms with Crippen molar-refractivity contribution in [3.05, 3.63) is 59.2 Å². The van der Waals surface area contributed by atoms with Gasteiger partial charge in [-0.2, -0.15) is 0 Å². The van der Waals surface area contributed by atoms with Gasteiger partial charge in [0.05, 0.1) is 43.2 Å². The van der Waals surface area contributed by atoms with Gasteiger partial charge < -0.3 is 24.8 Å². The van der Waals surface area contributed by atoms with E-state index in [1.165, 1.54) is 32.4 Å². The summed E-state index contributed by atoms with van der Waals surface area (Å²) in [5.41, 5.74) is 1.74. The van der Waals surface area contributed by atoms with E-state index < -0.39 is 17.9 Å². The van der Waals surface area contributed by atoms with Crippen molar-refractivity contribution in [1.82, 2.24) is 0 Å². The summed E-state index contributed by atoms with van der Waals surface area (Å²) in [6, 6.07) is 10.8. The van der Waals surface area contributed by atoms with Gasteiger partial charge in [0.25, 0.3) is 0 Å². The van der Waals surface area contributed by atoms with Crippen LogP contribution in [0.4, 0.5) is 11.4 Å². The molecular formula is C20H20N2O6S. The Morgan fingerprint density at radius 1 is 0.862 bits per heavy atom. The third kappa shape index (κ3) is 5.76. The number of hydrogen-bond donors (Lipinski definition) is 2. The Balaban J connectivity index is 2.17. The normalized spacial score (nSPS) is 9.90. The molecule has 0 atom stereocenters. The van der Waals surface area contributed by atoms with Crippen molar-refractivity contribution in [2.45, 2.75) is 6.92 Å². The molecule has 0 aliphatic heterocycles. The molecule has 2 aromatic carbocycles. The Morgan fingerprint density at radius 3 is 2.07 bits per heavy atom. The van der Waals surface area contributed by atoms with E-state index in [9.17, 15) is 14.4 Å². The Labute approximate surface area is 173 Å². The largest absolute Gasteiger partial charge is 0.465 e. The first-order valence-corrected chi connectivity index (χ1v) is 8.96. The number of carbonyl (C=O) groups is 3. The molecule has 0 spiro atoms. The van der Waals surface area contributed by atoms with Crippen LogP contribution in [0.3, 0.4) is 0 Å². The van der Waals surface area contributed by atoms with Gasteiger partial charge >= 0.3 is 17.9 Å². The first-order chi connectivity index (χ1) is 13.9. The molecule has 0 heterocycles. The van der Waals surface area contributed by atoms with Gasteiger partial charge in [-0.25, -0.2) is 14.4 Å². The summed E-state index contributed by atoms with van der Waals surface area (Å²) in [6.07, 6.45) is 0. The number of benzene rings is 2. The lowest BCUT2D eigenvalue weighted by Gasteiger charge is -2.14. The van der Waals surface area contributed by atoms with Crippen LogP contribution in [0.15, 0.2) is 42.5 Å². The number of ether oxygens (including phenoxy) is 3. The minimum atomic E-state index is -0.592. The van der Waals surface area contributed by atoms with E-state index in [2.05, 4.69) is 10.6 Å². The van der Waals surface area contributed by atoms with Crippen molar-refractivity contribution < 1.29 is 28.6 Å². The Morgan fingerprint density at radius 2 is 1.48 bits per heavy atom. The standard InChI is InChI=1S/C20H20N2O6S/c1-4-28-18(24)12-5-8-14(9-6-12)21-20(29)22-16-11-13(17(23)26-2)7-10-15(16)19(25)27-3/h5-11H,4H2,1-3H3,(H2,21,22,29). The molecule has 0 saturated carbocycles. The minimum absolute atomic E-state index is 0.168. The number of anilines is 2. The third-order valence-electron chi connectivity index (χ3n) is 3.75. The van der Waals surface area contributed by atoms with E-state index in [1.54, 1.807) is 31.2 Å². The number of hydrogen-bond acceptors (Lipinski definition) is 7. The van der Waals surface area contributed by atoms with E-state index in [0.29, 0.717) is 17.9 Å². The highest BCUT2D eigenvalue weighted by Crippen LogP contribution is 2.20. The highest BCUT2D eigenvalue weighted by molar-refractivity contribution is 7.80. The number of thiocarbonyl (C=S) groups is 1. The van der Waals surface area contributed by atoms with Crippen molar-refractivity contribution in [1.29, 1.82) is 0 Å². The maximum absolute atomic E-state index is 12.0. The molecular weight excluding hydrogens is 396 g/mol. The van der Waals surface area contributed by atoms with Gasteiger partial charge in [0.1, 0.15) is 0 Å². The SMILES string of the molecule is CCOC(=O)c1ccc(NC(=S)Nc2cc(C(=O)OC)ccc2C(=O)OC)cc1. The predicted molar refractivity (Wildman–Crippen MR) is 111 cm³/mol. The summed E-state index contributed by atoms with van der Waals surface area (Å²) in [7, 11) is 2.51. The van der Waals surface area contributed by atoms with E-state index in [1.807, 2.05) is 0 Å². The van der Waals surface area contributed by atoms with Crippen molar-refractivity contribution in [2.24, 2.45) is 0 Å². The summed E-state index contributed by atoms with van der Waals surface area (Å²) in [5.74, 6) is -1.56. The Hall–Kier alpha value is -3.46. The zero-order valence-corrected chi connectivity index (χ0v) is 16.9. The second-order valence-electron chi connectivity index (χ2n) is 5.62. The maximum Gasteiger partial charge on any atom is 0.339 e. The third-order valence-corrected chi connectivity index (χ3v) is 3.95. The summed E-state index contributed by atoms with van der Waals surface area (Å²) in [6.45, 7) is 2.02. The Kier molecular flexibility index (Phi) is 7.67. The highest BCUT2D eigenvalue weighted by atomic mass is 32.1. The van der Waals surface area contributed by atoms with Gasteiger partial charge in [-0.3, -0.25) is 0 Å². The second kappa shape index (κ2) is 10.2. The molecule has 152 valence electrons. The lowest BCUT2D eigenvalue weighted by molar-refractivity contribution is 0.0524.